The molecule has 0 radical (unpaired) electrons. The Bertz CT molecular complexity index is 619. The first-order valence-electron chi connectivity index (χ1n) is 6.35. The molecule has 0 N–H and O–H groups in total. The van der Waals surface area contributed by atoms with Gasteiger partial charge in [0.25, 0.3) is 0 Å². The minimum Gasteiger partial charge on any atom is -0.467 e. The van der Waals surface area contributed by atoms with Crippen LogP contribution in [-0.4, -0.2) is 19.2 Å². The number of carbonyl (C=O) groups is 1. The van der Waals surface area contributed by atoms with E-state index in [0.717, 1.165) is 0 Å². The molecule has 0 amide bonds. The smallest absolute Gasteiger partial charge is 0.338 e. The summed E-state index contributed by atoms with van der Waals surface area (Å²) in [5.74, 6) is -1.30. The van der Waals surface area contributed by atoms with Crippen molar-refractivity contribution in [3.05, 3.63) is 71.3 Å². The van der Waals surface area contributed by atoms with Gasteiger partial charge in [0.2, 0.25) is 0 Å². The second-order valence-electron chi connectivity index (χ2n) is 4.77. The molecule has 0 aromatic heterocycles. The zero-order valence-electron chi connectivity index (χ0n) is 11.2. The highest BCUT2D eigenvalue weighted by molar-refractivity contribution is 5.81. The standard InChI is InChI=1S/C16H12F2O3/c1-20-15(19)14-16(21-14,10-2-6-12(17)7-3-10)11-4-8-13(18)9-5-11/h2-9,14H,1H3/t14-/m0/s1. The van der Waals surface area contributed by atoms with E-state index in [1.165, 1.54) is 31.4 Å². The van der Waals surface area contributed by atoms with Gasteiger partial charge in [-0.15, -0.1) is 0 Å². The second-order valence-corrected chi connectivity index (χ2v) is 4.77. The minimum atomic E-state index is -1.05. The molecule has 5 heteroatoms. The van der Waals surface area contributed by atoms with E-state index in [0.29, 0.717) is 11.1 Å². The molecule has 3 rings (SSSR count). The van der Waals surface area contributed by atoms with Gasteiger partial charge in [-0.3, -0.25) is 0 Å². The summed E-state index contributed by atoms with van der Waals surface area (Å²) in [5, 5.41) is 0. The molecule has 2 aromatic rings. The fourth-order valence-corrected chi connectivity index (χ4v) is 2.47. The topological polar surface area (TPSA) is 38.8 Å². The number of epoxide rings is 1. The van der Waals surface area contributed by atoms with E-state index in [9.17, 15) is 13.6 Å². The molecule has 0 saturated carbocycles. The maximum absolute atomic E-state index is 13.1. The molecule has 21 heavy (non-hydrogen) atoms. The summed E-state index contributed by atoms with van der Waals surface area (Å²) >= 11 is 0. The van der Waals surface area contributed by atoms with E-state index in [-0.39, 0.29) is 11.6 Å². The Hall–Kier alpha value is -2.27. The van der Waals surface area contributed by atoms with Crippen LogP contribution in [0.4, 0.5) is 8.78 Å². The first-order chi connectivity index (χ1) is 10.1. The van der Waals surface area contributed by atoms with Crippen molar-refractivity contribution in [2.45, 2.75) is 11.7 Å². The van der Waals surface area contributed by atoms with E-state index in [1.54, 1.807) is 24.3 Å². The van der Waals surface area contributed by atoms with Gasteiger partial charge in [0.15, 0.2) is 11.7 Å². The van der Waals surface area contributed by atoms with Crippen LogP contribution in [0.2, 0.25) is 0 Å². The lowest BCUT2D eigenvalue weighted by atomic mass is 9.88. The first kappa shape index (κ1) is 13.7. The highest BCUT2D eigenvalue weighted by atomic mass is 19.1. The normalized spacial score (nSPS) is 19.1. The number of halogens is 2. The van der Waals surface area contributed by atoms with Crippen molar-refractivity contribution < 1.29 is 23.0 Å². The van der Waals surface area contributed by atoms with Crippen molar-refractivity contribution in [3.63, 3.8) is 0 Å². The number of rotatable bonds is 3. The summed E-state index contributed by atoms with van der Waals surface area (Å²) in [4.78, 5) is 11.8. The number of hydrogen-bond donors (Lipinski definition) is 0. The number of hydrogen-bond acceptors (Lipinski definition) is 3. The van der Waals surface area contributed by atoms with Gasteiger partial charge in [0.1, 0.15) is 11.6 Å². The molecule has 1 saturated heterocycles. The van der Waals surface area contributed by atoms with Crippen LogP contribution in [0.1, 0.15) is 11.1 Å². The van der Waals surface area contributed by atoms with Crippen molar-refractivity contribution >= 4 is 5.97 Å². The number of esters is 1. The third kappa shape index (κ3) is 2.19. The minimum absolute atomic E-state index is 0.386. The Morgan fingerprint density at radius 2 is 1.43 bits per heavy atom. The van der Waals surface area contributed by atoms with Gasteiger partial charge in [-0.2, -0.15) is 0 Å². The molecule has 108 valence electrons. The van der Waals surface area contributed by atoms with Crippen molar-refractivity contribution in [2.24, 2.45) is 0 Å². The molecule has 1 aliphatic rings. The Morgan fingerprint density at radius 3 is 1.81 bits per heavy atom. The van der Waals surface area contributed by atoms with Crippen LogP contribution in [0.5, 0.6) is 0 Å². The average Bonchev–Trinajstić information content (AvgIpc) is 3.24. The zero-order chi connectivity index (χ0) is 15.0. The van der Waals surface area contributed by atoms with Gasteiger partial charge >= 0.3 is 5.97 Å². The molecular formula is C16H12F2O3. The SMILES string of the molecule is COC(=O)[C@@H]1OC1(c1ccc(F)cc1)c1ccc(F)cc1. The first-order valence-corrected chi connectivity index (χ1v) is 6.35. The lowest BCUT2D eigenvalue weighted by Crippen LogP contribution is -2.21. The average molecular weight is 290 g/mol. The zero-order valence-corrected chi connectivity index (χ0v) is 11.2. The van der Waals surface area contributed by atoms with Crippen molar-refractivity contribution in [2.75, 3.05) is 7.11 Å². The third-order valence-corrected chi connectivity index (χ3v) is 3.58. The van der Waals surface area contributed by atoms with Gasteiger partial charge in [0.05, 0.1) is 7.11 Å². The molecule has 3 nitrogen and oxygen atoms in total. The Labute approximate surface area is 120 Å². The van der Waals surface area contributed by atoms with Crippen LogP contribution in [-0.2, 0) is 19.9 Å². The van der Waals surface area contributed by atoms with Crippen LogP contribution >= 0.6 is 0 Å². The highest BCUT2D eigenvalue weighted by Gasteiger charge is 2.63. The van der Waals surface area contributed by atoms with E-state index in [4.69, 9.17) is 9.47 Å². The Morgan fingerprint density at radius 1 is 1.00 bits per heavy atom. The molecule has 2 aromatic carbocycles. The van der Waals surface area contributed by atoms with Gasteiger partial charge in [-0.1, -0.05) is 24.3 Å². The molecule has 0 unspecified atom stereocenters. The van der Waals surface area contributed by atoms with E-state index in [1.807, 2.05) is 0 Å². The molecular weight excluding hydrogens is 278 g/mol. The molecule has 1 atom stereocenters. The quantitative estimate of drug-likeness (QED) is 0.644. The number of carbonyl (C=O) groups excluding carboxylic acids is 1. The molecule has 0 spiro atoms. The van der Waals surface area contributed by atoms with Crippen LogP contribution in [0.15, 0.2) is 48.5 Å². The van der Waals surface area contributed by atoms with Crippen LogP contribution in [0, 0.1) is 11.6 Å². The van der Waals surface area contributed by atoms with Gasteiger partial charge < -0.3 is 9.47 Å². The van der Waals surface area contributed by atoms with Crippen LogP contribution < -0.4 is 0 Å². The number of methoxy groups -OCH3 is 1. The van der Waals surface area contributed by atoms with Crippen LogP contribution in [0.3, 0.4) is 0 Å². The molecule has 1 heterocycles. The molecule has 0 aliphatic carbocycles. The third-order valence-electron chi connectivity index (χ3n) is 3.58. The maximum atomic E-state index is 13.1. The summed E-state index contributed by atoms with van der Waals surface area (Å²) in [6.45, 7) is 0. The Kier molecular flexibility index (Phi) is 3.22. The maximum Gasteiger partial charge on any atom is 0.338 e. The van der Waals surface area contributed by atoms with Crippen LogP contribution in [0.25, 0.3) is 0 Å². The largest absolute Gasteiger partial charge is 0.467 e. The Balaban J connectivity index is 2.07. The summed E-state index contributed by atoms with van der Waals surface area (Å²) in [6, 6.07) is 11.3. The lowest BCUT2D eigenvalue weighted by molar-refractivity contribution is -0.142. The predicted molar refractivity (Wildman–Crippen MR) is 70.5 cm³/mol. The summed E-state index contributed by atoms with van der Waals surface area (Å²) in [7, 11) is 1.27. The molecule has 1 fully saturated rings. The summed E-state index contributed by atoms with van der Waals surface area (Å²) in [6.07, 6.45) is -0.821. The predicted octanol–water partition coefficient (Wildman–Crippen LogP) is 2.78. The fourth-order valence-electron chi connectivity index (χ4n) is 2.47. The number of benzene rings is 2. The fraction of sp³-hybridized carbons (Fsp3) is 0.188. The summed E-state index contributed by atoms with van der Waals surface area (Å²) < 4.78 is 36.5. The van der Waals surface area contributed by atoms with Gasteiger partial charge in [0, 0.05) is 0 Å². The van der Waals surface area contributed by atoms with Gasteiger partial charge in [-0.05, 0) is 35.4 Å². The van der Waals surface area contributed by atoms with E-state index >= 15 is 0 Å². The molecule has 0 bridgehead atoms. The van der Waals surface area contributed by atoms with Crippen molar-refractivity contribution in [1.82, 2.24) is 0 Å². The highest BCUT2D eigenvalue weighted by Crippen LogP contribution is 2.52. The molecule has 1 aliphatic heterocycles. The van der Waals surface area contributed by atoms with Gasteiger partial charge in [-0.25, -0.2) is 13.6 Å². The second kappa shape index (κ2) is 4.93. The number of ether oxygens (including phenoxy) is 2. The van der Waals surface area contributed by atoms with E-state index < -0.39 is 17.7 Å². The summed E-state index contributed by atoms with van der Waals surface area (Å²) in [5.41, 5.74) is 0.186. The van der Waals surface area contributed by atoms with E-state index in [2.05, 4.69) is 0 Å². The monoisotopic (exact) mass is 290 g/mol. The van der Waals surface area contributed by atoms with Crippen molar-refractivity contribution in [3.8, 4) is 0 Å². The van der Waals surface area contributed by atoms with Crippen molar-refractivity contribution in [1.29, 1.82) is 0 Å². The lowest BCUT2D eigenvalue weighted by Gasteiger charge is -2.14.